The van der Waals surface area contributed by atoms with Crippen molar-refractivity contribution in [1.29, 1.82) is 0 Å². The van der Waals surface area contributed by atoms with E-state index >= 15 is 0 Å². The van der Waals surface area contributed by atoms with Crippen LogP contribution in [0.5, 0.6) is 0 Å². The molecule has 328 valence electrons. The van der Waals surface area contributed by atoms with E-state index in [-0.39, 0.29) is 21.7 Å². The molecule has 0 atom stereocenters. The zero-order valence-corrected chi connectivity index (χ0v) is 41.0. The molecule has 0 fully saturated rings. The van der Waals surface area contributed by atoms with Crippen LogP contribution in [0, 0.1) is 0 Å². The number of rotatable bonds is 1. The van der Waals surface area contributed by atoms with Crippen molar-refractivity contribution >= 4 is 114 Å². The summed E-state index contributed by atoms with van der Waals surface area (Å²) in [5.41, 5.74) is 19.7. The van der Waals surface area contributed by atoms with Gasteiger partial charge in [0.2, 0.25) is 0 Å². The zero-order valence-electron chi connectivity index (χ0n) is 41.0. The van der Waals surface area contributed by atoms with Gasteiger partial charge in [-0.15, -0.1) is 0 Å². The van der Waals surface area contributed by atoms with Crippen molar-refractivity contribution in [2.45, 2.75) is 105 Å². The topological polar surface area (TPSA) is 13.2 Å². The van der Waals surface area contributed by atoms with E-state index in [9.17, 15) is 0 Å². The minimum Gasteiger partial charge on any atom is -0.308 e. The highest BCUT2D eigenvalue weighted by molar-refractivity contribution is 6.32. The summed E-state index contributed by atoms with van der Waals surface area (Å²) >= 11 is 0. The molecule has 3 nitrogen and oxygen atoms in total. The highest BCUT2D eigenvalue weighted by Crippen LogP contribution is 2.50. The Hall–Kier alpha value is -6.84. The summed E-state index contributed by atoms with van der Waals surface area (Å²) in [5, 5.41) is 15.9. The minimum atomic E-state index is -0.0128. The Morgan fingerprint density at radius 2 is 0.552 bits per heavy atom. The van der Waals surface area contributed by atoms with Gasteiger partial charge >= 0.3 is 0 Å². The van der Waals surface area contributed by atoms with Crippen molar-refractivity contribution in [2.24, 2.45) is 0 Å². The van der Waals surface area contributed by atoms with E-state index in [1.807, 2.05) is 0 Å². The van der Waals surface area contributed by atoms with Crippen LogP contribution in [0.25, 0.3) is 125 Å². The van der Waals surface area contributed by atoms with Crippen LogP contribution in [0.3, 0.4) is 0 Å². The molecule has 6 heterocycles. The molecular weight excluding hydrogens is 811 g/mol. The third kappa shape index (κ3) is 5.07. The van der Waals surface area contributed by atoms with Gasteiger partial charge in [0.1, 0.15) is 0 Å². The van der Waals surface area contributed by atoms with E-state index in [1.165, 1.54) is 148 Å². The van der Waals surface area contributed by atoms with Crippen LogP contribution in [0.2, 0.25) is 0 Å². The normalized spacial score (nSPS) is 14.0. The number of hydrogen-bond donors (Lipinski definition) is 0. The van der Waals surface area contributed by atoms with Crippen molar-refractivity contribution in [3.8, 4) is 11.1 Å². The first-order valence-electron chi connectivity index (χ1n) is 24.4. The average molecular weight is 868 g/mol. The van der Waals surface area contributed by atoms with E-state index in [1.54, 1.807) is 0 Å². The number of nitrogens with zero attached hydrogens (tertiary/aromatic N) is 3. The molecule has 67 heavy (non-hydrogen) atoms. The number of hydrogen-bond acceptors (Lipinski definition) is 0. The second-order valence-electron chi connectivity index (χ2n) is 24.4. The third-order valence-corrected chi connectivity index (χ3v) is 16.0. The lowest BCUT2D eigenvalue weighted by atomic mass is 9.84. The van der Waals surface area contributed by atoms with Gasteiger partial charge in [0, 0.05) is 64.6 Å². The molecule has 0 amide bonds. The predicted octanol–water partition coefficient (Wildman–Crippen LogP) is 18.0. The summed E-state index contributed by atoms with van der Waals surface area (Å²) in [6, 6.07) is 50.5. The van der Waals surface area contributed by atoms with E-state index in [4.69, 9.17) is 0 Å². The van der Waals surface area contributed by atoms with Crippen molar-refractivity contribution in [1.82, 2.24) is 13.2 Å². The molecule has 8 aromatic carbocycles. The highest BCUT2D eigenvalue weighted by Gasteiger charge is 2.29. The standard InChI is InChI=1S/C64H57N3/c1-61(2,3)36-18-20-52-40(24-36)49-27-39(64(10,11)12)29-51-45-32-55-44(31-54(45)65(52)60(49)51)47-23-35(34-16-14-13-15-17-34)22-46-42-30-43-50-28-38(63(7,8)9)26-48-41-25-37(62(4,5)6)19-21-53(41)66(59(48)50)56(43)33-57(42)67(55)58(46)47/h13-33H,1-12H3. The van der Waals surface area contributed by atoms with Crippen molar-refractivity contribution < 1.29 is 0 Å². The molecular formula is C64H57N3. The van der Waals surface area contributed by atoms with E-state index in [0.717, 1.165) is 0 Å². The second kappa shape index (κ2) is 12.2. The van der Waals surface area contributed by atoms with Crippen LogP contribution in [-0.4, -0.2) is 13.2 Å². The number of benzene rings is 8. The molecule has 6 aromatic heterocycles. The molecule has 0 aliphatic heterocycles. The second-order valence-corrected chi connectivity index (χ2v) is 24.4. The number of aromatic nitrogens is 3. The van der Waals surface area contributed by atoms with Gasteiger partial charge in [-0.3, -0.25) is 0 Å². The van der Waals surface area contributed by atoms with E-state index in [0.29, 0.717) is 0 Å². The van der Waals surface area contributed by atoms with Crippen molar-refractivity contribution in [3.63, 3.8) is 0 Å². The first-order chi connectivity index (χ1) is 31.7. The smallest absolute Gasteiger partial charge is 0.0620 e. The lowest BCUT2D eigenvalue weighted by Gasteiger charge is -2.20. The maximum absolute atomic E-state index is 2.63. The van der Waals surface area contributed by atoms with Crippen LogP contribution >= 0.6 is 0 Å². The SMILES string of the molecule is CC(C)(C)c1ccc2c(c1)c1cc(C(C)(C)C)cc3c4cc5c(cc4n2c13)c1cc(-c2ccccc2)cc2c3cc4c6cc(C(C)(C)C)cc7c8cc(C(C)(C)C)ccc8n(c4cc3n5c12)c76. The molecule has 0 aliphatic rings. The fourth-order valence-electron chi connectivity index (χ4n) is 12.2. The molecule has 14 aromatic rings. The predicted molar refractivity (Wildman–Crippen MR) is 291 cm³/mol. The molecule has 0 aliphatic carbocycles. The monoisotopic (exact) mass is 867 g/mol. The molecule has 3 heteroatoms. The van der Waals surface area contributed by atoms with Gasteiger partial charge in [0.15, 0.2) is 0 Å². The van der Waals surface area contributed by atoms with Crippen LogP contribution in [0.1, 0.15) is 105 Å². The summed E-state index contributed by atoms with van der Waals surface area (Å²) < 4.78 is 7.80. The van der Waals surface area contributed by atoms with Crippen LogP contribution in [-0.2, 0) is 21.7 Å². The van der Waals surface area contributed by atoms with Gasteiger partial charge < -0.3 is 13.2 Å². The quantitative estimate of drug-likeness (QED) is 0.156. The summed E-state index contributed by atoms with van der Waals surface area (Å²) in [4.78, 5) is 0. The van der Waals surface area contributed by atoms with Gasteiger partial charge in [0.25, 0.3) is 0 Å². The fourth-order valence-corrected chi connectivity index (χ4v) is 12.2. The van der Waals surface area contributed by atoms with Gasteiger partial charge in [-0.2, -0.15) is 0 Å². The maximum Gasteiger partial charge on any atom is 0.0620 e. The van der Waals surface area contributed by atoms with Gasteiger partial charge in [-0.25, -0.2) is 0 Å². The molecule has 0 saturated heterocycles. The Morgan fingerprint density at radius 3 is 0.940 bits per heavy atom. The van der Waals surface area contributed by atoms with Crippen molar-refractivity contribution in [2.75, 3.05) is 0 Å². The van der Waals surface area contributed by atoms with E-state index < -0.39 is 0 Å². The molecule has 0 unspecified atom stereocenters. The Morgan fingerprint density at radius 1 is 0.239 bits per heavy atom. The van der Waals surface area contributed by atoms with Crippen molar-refractivity contribution in [3.05, 3.63) is 150 Å². The Kier molecular flexibility index (Phi) is 7.15. The van der Waals surface area contributed by atoms with E-state index in [2.05, 4.69) is 224 Å². The highest BCUT2D eigenvalue weighted by atomic mass is 15.0. The largest absolute Gasteiger partial charge is 0.308 e. The summed E-state index contributed by atoms with van der Waals surface area (Å²) in [6.07, 6.45) is 0. The van der Waals surface area contributed by atoms with Crippen LogP contribution in [0.4, 0.5) is 0 Å². The summed E-state index contributed by atoms with van der Waals surface area (Å²) in [7, 11) is 0. The lowest BCUT2D eigenvalue weighted by Crippen LogP contribution is -2.11. The van der Waals surface area contributed by atoms with Gasteiger partial charge in [-0.05, 0) is 140 Å². The maximum atomic E-state index is 2.63. The first-order valence-corrected chi connectivity index (χ1v) is 24.4. The fraction of sp³-hybridized carbons (Fsp3) is 0.250. The first kappa shape index (κ1) is 39.3. The molecule has 0 radical (unpaired) electrons. The van der Waals surface area contributed by atoms with Gasteiger partial charge in [0.05, 0.1) is 49.7 Å². The number of fused-ring (bicyclic) bond motifs is 18. The average Bonchev–Trinajstić information content (AvgIpc) is 4.10. The molecule has 0 bridgehead atoms. The summed E-state index contributed by atoms with van der Waals surface area (Å²) in [6.45, 7) is 28.1. The molecule has 14 rings (SSSR count). The van der Waals surface area contributed by atoms with Gasteiger partial charge in [-0.1, -0.05) is 126 Å². The van der Waals surface area contributed by atoms with Crippen LogP contribution < -0.4 is 0 Å². The Labute approximate surface area is 391 Å². The third-order valence-electron chi connectivity index (χ3n) is 16.0. The Bertz CT molecular complexity index is 4440. The molecule has 0 saturated carbocycles. The summed E-state index contributed by atoms with van der Waals surface area (Å²) in [5.74, 6) is 0. The van der Waals surface area contributed by atoms with Crippen LogP contribution in [0.15, 0.2) is 127 Å². The Balaban J connectivity index is 1.17. The molecule has 0 N–H and O–H groups in total. The lowest BCUT2D eigenvalue weighted by molar-refractivity contribution is 0.590. The minimum absolute atomic E-state index is 0.00551. The zero-order chi connectivity index (χ0) is 46.2. The molecule has 0 spiro atoms.